The van der Waals surface area contributed by atoms with Crippen LogP contribution in [0.25, 0.3) is 11.0 Å². The van der Waals surface area contributed by atoms with Crippen LogP contribution in [0.5, 0.6) is 0 Å². The Morgan fingerprint density at radius 2 is 1.90 bits per heavy atom. The zero-order valence-electron chi connectivity index (χ0n) is 12.0. The molecule has 0 spiro atoms. The number of nitrogens with two attached hydrogens (primary N) is 1. The van der Waals surface area contributed by atoms with E-state index in [1.165, 1.54) is 23.1 Å². The highest BCUT2D eigenvalue weighted by atomic mass is 15.1. The van der Waals surface area contributed by atoms with Crippen molar-refractivity contribution in [2.24, 2.45) is 5.73 Å². The van der Waals surface area contributed by atoms with Gasteiger partial charge in [-0.1, -0.05) is 36.4 Å². The Hall–Kier alpha value is -2.13. The van der Waals surface area contributed by atoms with Crippen LogP contribution < -0.4 is 5.73 Å². The monoisotopic (exact) mass is 277 g/mol. The highest BCUT2D eigenvalue weighted by Gasteiger charge is 2.26. The first-order valence-electron chi connectivity index (χ1n) is 7.59. The van der Waals surface area contributed by atoms with E-state index >= 15 is 0 Å². The molecular weight excluding hydrogens is 258 g/mol. The quantitative estimate of drug-likeness (QED) is 0.797. The predicted octanol–water partition coefficient (Wildman–Crippen LogP) is 2.88. The molecule has 0 fully saturated rings. The van der Waals surface area contributed by atoms with Crippen LogP contribution in [0.15, 0.2) is 48.5 Å². The molecule has 0 radical (unpaired) electrons. The summed E-state index contributed by atoms with van der Waals surface area (Å²) in [5, 5.41) is 0. The Balaban J connectivity index is 1.71. The van der Waals surface area contributed by atoms with Crippen molar-refractivity contribution in [1.82, 2.24) is 9.55 Å². The lowest BCUT2D eigenvalue weighted by atomic mass is 9.77. The molecule has 0 aliphatic heterocycles. The number of para-hydroxylation sites is 2. The van der Waals surface area contributed by atoms with E-state index in [1.807, 2.05) is 6.07 Å². The molecule has 0 saturated carbocycles. The van der Waals surface area contributed by atoms with Crippen molar-refractivity contribution < 1.29 is 0 Å². The molecule has 21 heavy (non-hydrogen) atoms. The van der Waals surface area contributed by atoms with Gasteiger partial charge in [0, 0.05) is 18.9 Å². The molecule has 1 aromatic heterocycles. The molecule has 3 aromatic rings. The predicted molar refractivity (Wildman–Crippen MR) is 85.4 cm³/mol. The van der Waals surface area contributed by atoms with Gasteiger partial charge in [0.2, 0.25) is 0 Å². The van der Waals surface area contributed by atoms with Gasteiger partial charge in [-0.2, -0.15) is 0 Å². The Morgan fingerprint density at radius 1 is 1.10 bits per heavy atom. The number of imidazole rings is 1. The van der Waals surface area contributed by atoms with E-state index in [-0.39, 0.29) is 0 Å². The second-order valence-electron chi connectivity index (χ2n) is 5.77. The number of fused-ring (bicyclic) bond motifs is 2. The summed E-state index contributed by atoms with van der Waals surface area (Å²) in [5.41, 5.74) is 11.0. The molecule has 1 aliphatic rings. The molecular formula is C18H19N3. The van der Waals surface area contributed by atoms with Gasteiger partial charge in [-0.05, 0) is 36.2 Å². The molecule has 1 heterocycles. The lowest BCUT2D eigenvalue weighted by Crippen LogP contribution is -2.23. The van der Waals surface area contributed by atoms with E-state index in [9.17, 15) is 0 Å². The third-order valence-corrected chi connectivity index (χ3v) is 4.47. The fourth-order valence-corrected chi connectivity index (χ4v) is 3.40. The van der Waals surface area contributed by atoms with Crippen LogP contribution in [0.3, 0.4) is 0 Å². The topological polar surface area (TPSA) is 43.8 Å². The van der Waals surface area contributed by atoms with Gasteiger partial charge in [-0.15, -0.1) is 0 Å². The molecule has 0 saturated heterocycles. The van der Waals surface area contributed by atoms with Crippen molar-refractivity contribution in [3.05, 3.63) is 65.5 Å². The van der Waals surface area contributed by atoms with Crippen LogP contribution in [0.4, 0.5) is 0 Å². The first-order valence-corrected chi connectivity index (χ1v) is 7.59. The molecule has 3 heteroatoms. The maximum Gasteiger partial charge on any atom is 0.111 e. The molecule has 2 N–H and O–H groups in total. The van der Waals surface area contributed by atoms with Gasteiger partial charge < -0.3 is 10.3 Å². The first-order chi connectivity index (χ1) is 10.4. The average molecular weight is 277 g/mol. The number of nitrogens with zero attached hydrogens (tertiary/aromatic N) is 2. The molecule has 2 aromatic carbocycles. The third-order valence-electron chi connectivity index (χ3n) is 4.47. The summed E-state index contributed by atoms with van der Waals surface area (Å²) in [5.74, 6) is 1.72. The Morgan fingerprint density at radius 3 is 2.76 bits per heavy atom. The van der Waals surface area contributed by atoms with Gasteiger partial charge in [-0.25, -0.2) is 4.98 Å². The Kier molecular flexibility index (Phi) is 3.00. The minimum atomic E-state index is 0.607. The lowest BCUT2D eigenvalue weighted by molar-refractivity contribution is 0.504. The van der Waals surface area contributed by atoms with E-state index < -0.39 is 0 Å². The summed E-state index contributed by atoms with van der Waals surface area (Å²) >= 11 is 0. The van der Waals surface area contributed by atoms with E-state index in [2.05, 4.69) is 47.0 Å². The summed E-state index contributed by atoms with van der Waals surface area (Å²) in [6.45, 7) is 1.65. The summed E-state index contributed by atoms with van der Waals surface area (Å²) in [6.07, 6.45) is 2.01. The molecule has 4 rings (SSSR count). The molecule has 1 aliphatic carbocycles. The Labute approximate surface area is 124 Å². The van der Waals surface area contributed by atoms with Gasteiger partial charge in [0.1, 0.15) is 5.82 Å². The third kappa shape index (κ3) is 2.05. The van der Waals surface area contributed by atoms with E-state index in [0.717, 1.165) is 24.3 Å². The molecule has 0 bridgehead atoms. The van der Waals surface area contributed by atoms with Crippen LogP contribution in [-0.2, 0) is 19.4 Å². The number of hydrogen-bond donors (Lipinski definition) is 1. The standard InChI is InChI=1S/C18H19N3/c19-10-9-18-20-16-7-3-4-8-17(16)21(18)12-14-11-13-5-1-2-6-15(13)14/h1-8,14H,9-12,19H2. The SMILES string of the molecule is NCCc1nc2ccccc2n1CC1Cc2ccccc21. The van der Waals surface area contributed by atoms with Crippen LogP contribution in [0.1, 0.15) is 22.9 Å². The first kappa shape index (κ1) is 12.6. The van der Waals surface area contributed by atoms with Crippen molar-refractivity contribution in [2.45, 2.75) is 25.3 Å². The summed E-state index contributed by atoms with van der Waals surface area (Å²) < 4.78 is 2.36. The zero-order chi connectivity index (χ0) is 14.2. The van der Waals surface area contributed by atoms with Gasteiger partial charge in [0.05, 0.1) is 11.0 Å². The summed E-state index contributed by atoms with van der Waals surface area (Å²) in [6, 6.07) is 17.1. The molecule has 3 nitrogen and oxygen atoms in total. The molecule has 1 atom stereocenters. The average Bonchev–Trinajstić information content (AvgIpc) is 2.83. The fraction of sp³-hybridized carbons (Fsp3) is 0.278. The smallest absolute Gasteiger partial charge is 0.111 e. The largest absolute Gasteiger partial charge is 0.330 e. The summed E-state index contributed by atoms with van der Waals surface area (Å²) in [4.78, 5) is 4.75. The van der Waals surface area contributed by atoms with E-state index in [0.29, 0.717) is 12.5 Å². The number of hydrogen-bond acceptors (Lipinski definition) is 2. The van der Waals surface area contributed by atoms with Gasteiger partial charge in [0.25, 0.3) is 0 Å². The van der Waals surface area contributed by atoms with Crippen molar-refractivity contribution in [1.29, 1.82) is 0 Å². The highest BCUT2D eigenvalue weighted by molar-refractivity contribution is 5.76. The van der Waals surface area contributed by atoms with Crippen molar-refractivity contribution in [3.8, 4) is 0 Å². The number of rotatable bonds is 4. The number of aromatic nitrogens is 2. The van der Waals surface area contributed by atoms with Crippen LogP contribution in [0.2, 0.25) is 0 Å². The van der Waals surface area contributed by atoms with E-state index in [1.54, 1.807) is 0 Å². The van der Waals surface area contributed by atoms with Gasteiger partial charge in [0.15, 0.2) is 0 Å². The fourth-order valence-electron chi connectivity index (χ4n) is 3.40. The normalized spacial score (nSPS) is 16.7. The van der Waals surface area contributed by atoms with E-state index in [4.69, 9.17) is 10.7 Å². The molecule has 0 amide bonds. The van der Waals surface area contributed by atoms with Crippen molar-refractivity contribution in [3.63, 3.8) is 0 Å². The highest BCUT2D eigenvalue weighted by Crippen LogP contribution is 2.36. The second kappa shape index (κ2) is 5.01. The Bertz CT molecular complexity index is 788. The number of benzene rings is 2. The van der Waals surface area contributed by atoms with Crippen LogP contribution >= 0.6 is 0 Å². The molecule has 1 unspecified atom stereocenters. The second-order valence-corrected chi connectivity index (χ2v) is 5.77. The zero-order valence-corrected chi connectivity index (χ0v) is 12.0. The van der Waals surface area contributed by atoms with Crippen molar-refractivity contribution in [2.75, 3.05) is 6.54 Å². The molecule has 106 valence electrons. The maximum absolute atomic E-state index is 5.75. The van der Waals surface area contributed by atoms with Crippen molar-refractivity contribution >= 4 is 11.0 Å². The lowest BCUT2D eigenvalue weighted by Gasteiger charge is -2.31. The van der Waals surface area contributed by atoms with Gasteiger partial charge >= 0.3 is 0 Å². The van der Waals surface area contributed by atoms with Gasteiger partial charge in [-0.3, -0.25) is 0 Å². The maximum atomic E-state index is 5.75. The minimum Gasteiger partial charge on any atom is -0.330 e. The minimum absolute atomic E-state index is 0.607. The summed E-state index contributed by atoms with van der Waals surface area (Å²) in [7, 11) is 0. The van der Waals surface area contributed by atoms with Crippen LogP contribution in [0, 0.1) is 0 Å². The van der Waals surface area contributed by atoms with Crippen LogP contribution in [-0.4, -0.2) is 16.1 Å².